The first-order chi connectivity index (χ1) is 6.11. The quantitative estimate of drug-likeness (QED) is 0.445. The number of rotatable bonds is 2. The summed E-state index contributed by atoms with van der Waals surface area (Å²) in [5, 5.41) is 0.763. The van der Waals surface area contributed by atoms with Crippen LogP contribution in [0.15, 0.2) is 10.6 Å². The summed E-state index contributed by atoms with van der Waals surface area (Å²) in [5.41, 5.74) is 0.732. The fourth-order valence-corrected chi connectivity index (χ4v) is 2.74. The van der Waals surface area contributed by atoms with Gasteiger partial charge in [-0.25, -0.2) is 4.79 Å². The van der Waals surface area contributed by atoms with Crippen LogP contribution >= 0.6 is 31.9 Å². The van der Waals surface area contributed by atoms with Gasteiger partial charge in [-0.2, -0.15) is 0 Å². The van der Waals surface area contributed by atoms with Crippen molar-refractivity contribution >= 4 is 37.8 Å². The van der Waals surface area contributed by atoms with E-state index in [1.165, 1.54) is 0 Å². The molecule has 0 aromatic carbocycles. The van der Waals surface area contributed by atoms with Crippen LogP contribution in [0.5, 0.6) is 0 Å². The number of carbonyl (C=O) groups excluding carboxylic acids is 1. The summed E-state index contributed by atoms with van der Waals surface area (Å²) < 4.78 is 5.26. The van der Waals surface area contributed by atoms with Gasteiger partial charge in [0.1, 0.15) is 6.10 Å². The Kier molecular flexibility index (Phi) is 3.98. The fourth-order valence-electron chi connectivity index (χ4n) is 1.50. The predicted octanol–water partition coefficient (Wildman–Crippen LogP) is 2.86. The van der Waals surface area contributed by atoms with E-state index in [1.54, 1.807) is 4.99 Å². The molecule has 2 atom stereocenters. The molecule has 1 saturated heterocycles. The van der Waals surface area contributed by atoms with Gasteiger partial charge in [0.2, 0.25) is 0 Å². The van der Waals surface area contributed by atoms with Crippen LogP contribution in [0.1, 0.15) is 13.8 Å². The minimum absolute atomic E-state index is 0.00988. The maximum absolute atomic E-state index is 11.3. The minimum Gasteiger partial charge on any atom is -0.458 e. The maximum atomic E-state index is 11.3. The molecule has 1 rings (SSSR count). The third kappa shape index (κ3) is 2.15. The van der Waals surface area contributed by atoms with Crippen LogP contribution in [0, 0.1) is 11.8 Å². The average molecular weight is 312 g/mol. The van der Waals surface area contributed by atoms with E-state index in [-0.39, 0.29) is 18.0 Å². The van der Waals surface area contributed by atoms with Crippen molar-refractivity contribution in [1.82, 2.24) is 0 Å². The van der Waals surface area contributed by atoms with Crippen LogP contribution in [0.2, 0.25) is 0 Å². The first kappa shape index (κ1) is 11.2. The molecule has 0 aromatic heterocycles. The van der Waals surface area contributed by atoms with E-state index in [1.807, 2.05) is 0 Å². The second-order valence-electron chi connectivity index (χ2n) is 3.44. The lowest BCUT2D eigenvalue weighted by Crippen LogP contribution is -2.23. The van der Waals surface area contributed by atoms with E-state index < -0.39 is 0 Å². The van der Waals surface area contributed by atoms with Crippen molar-refractivity contribution in [2.45, 2.75) is 20.0 Å². The molecule has 13 heavy (non-hydrogen) atoms. The van der Waals surface area contributed by atoms with E-state index in [0.717, 1.165) is 10.9 Å². The molecule has 0 spiro atoms. The Morgan fingerprint density at radius 2 is 2.23 bits per heavy atom. The van der Waals surface area contributed by atoms with Gasteiger partial charge < -0.3 is 4.74 Å². The van der Waals surface area contributed by atoms with Gasteiger partial charge in [0.25, 0.3) is 0 Å². The van der Waals surface area contributed by atoms with Gasteiger partial charge in [-0.3, -0.25) is 0 Å². The number of alkyl halides is 1. The van der Waals surface area contributed by atoms with Gasteiger partial charge in [-0.15, -0.1) is 0 Å². The Balaban J connectivity index is 2.88. The van der Waals surface area contributed by atoms with Crippen molar-refractivity contribution in [3.05, 3.63) is 10.6 Å². The number of hydrogen-bond donors (Lipinski definition) is 0. The molecule has 1 aliphatic heterocycles. The molecule has 0 amide bonds. The predicted molar refractivity (Wildman–Crippen MR) is 59.0 cm³/mol. The first-order valence-electron chi connectivity index (χ1n) is 4.19. The number of carbonyl (C=O) groups is 1. The molecule has 0 aromatic rings. The molecule has 1 aliphatic rings. The summed E-state index contributed by atoms with van der Waals surface area (Å²) in [6.07, 6.45) is 0.00988. The third-order valence-corrected chi connectivity index (χ3v) is 3.41. The highest BCUT2D eigenvalue weighted by Gasteiger charge is 2.40. The van der Waals surface area contributed by atoms with Crippen molar-refractivity contribution < 1.29 is 9.53 Å². The molecule has 4 heteroatoms. The number of esters is 1. The Morgan fingerprint density at radius 3 is 2.62 bits per heavy atom. The second-order valence-corrected chi connectivity index (χ2v) is 4.54. The zero-order valence-corrected chi connectivity index (χ0v) is 10.8. The molecular weight excluding hydrogens is 300 g/mol. The third-order valence-electron chi connectivity index (χ3n) is 2.22. The summed E-state index contributed by atoms with van der Waals surface area (Å²) in [7, 11) is 0. The van der Waals surface area contributed by atoms with Gasteiger partial charge in [-0.1, -0.05) is 45.7 Å². The molecule has 1 heterocycles. The van der Waals surface area contributed by atoms with Crippen molar-refractivity contribution in [1.29, 1.82) is 0 Å². The summed E-state index contributed by atoms with van der Waals surface area (Å²) in [5.74, 6) is 0.336. The topological polar surface area (TPSA) is 26.3 Å². The Labute approximate surface area is 95.0 Å². The summed E-state index contributed by atoms with van der Waals surface area (Å²) in [6, 6.07) is 0. The van der Waals surface area contributed by atoms with Crippen LogP contribution in [-0.4, -0.2) is 17.4 Å². The highest BCUT2D eigenvalue weighted by Crippen LogP contribution is 2.34. The summed E-state index contributed by atoms with van der Waals surface area (Å²) >= 11 is 6.59. The summed E-state index contributed by atoms with van der Waals surface area (Å²) in [6.45, 7) is 4.12. The van der Waals surface area contributed by atoms with E-state index in [0.29, 0.717) is 5.92 Å². The molecule has 0 unspecified atom stereocenters. The van der Waals surface area contributed by atoms with Crippen molar-refractivity contribution in [3.8, 4) is 0 Å². The van der Waals surface area contributed by atoms with E-state index in [9.17, 15) is 4.79 Å². The fraction of sp³-hybridized carbons (Fsp3) is 0.667. The van der Waals surface area contributed by atoms with Gasteiger partial charge in [0.15, 0.2) is 0 Å². The van der Waals surface area contributed by atoms with Gasteiger partial charge in [0.05, 0.1) is 5.57 Å². The van der Waals surface area contributed by atoms with Crippen LogP contribution in [0.3, 0.4) is 0 Å². The summed E-state index contributed by atoms with van der Waals surface area (Å²) in [4.78, 5) is 13.0. The van der Waals surface area contributed by atoms with Crippen molar-refractivity contribution in [3.63, 3.8) is 0 Å². The lowest BCUT2D eigenvalue weighted by Gasteiger charge is -2.18. The molecule has 0 saturated carbocycles. The molecule has 74 valence electrons. The highest BCUT2D eigenvalue weighted by molar-refractivity contribution is 9.11. The van der Waals surface area contributed by atoms with E-state index >= 15 is 0 Å². The van der Waals surface area contributed by atoms with Crippen molar-refractivity contribution in [2.75, 3.05) is 5.33 Å². The molecule has 0 aliphatic carbocycles. The lowest BCUT2D eigenvalue weighted by atomic mass is 9.92. The smallest absolute Gasteiger partial charge is 0.335 e. The number of hydrogen-bond acceptors (Lipinski definition) is 2. The SMILES string of the molecule is CC(C)[C@@H]1OC(=O)/C(=C\Br)[C@H]1CBr. The molecule has 1 fully saturated rings. The second kappa shape index (κ2) is 4.60. The largest absolute Gasteiger partial charge is 0.458 e. The van der Waals surface area contributed by atoms with Crippen LogP contribution in [0.4, 0.5) is 0 Å². The normalized spacial score (nSPS) is 31.5. The van der Waals surface area contributed by atoms with Crippen LogP contribution in [-0.2, 0) is 9.53 Å². The van der Waals surface area contributed by atoms with Crippen LogP contribution in [0.25, 0.3) is 0 Å². The molecular formula is C9H12Br2O2. The van der Waals surface area contributed by atoms with Crippen LogP contribution < -0.4 is 0 Å². The number of ether oxygens (including phenoxy) is 1. The van der Waals surface area contributed by atoms with Gasteiger partial charge in [-0.05, 0) is 10.9 Å². The zero-order chi connectivity index (χ0) is 10.0. The number of cyclic esters (lactones) is 1. The molecule has 0 N–H and O–H groups in total. The van der Waals surface area contributed by atoms with E-state index in [4.69, 9.17) is 4.74 Å². The maximum Gasteiger partial charge on any atom is 0.335 e. The van der Waals surface area contributed by atoms with Gasteiger partial charge >= 0.3 is 5.97 Å². The first-order valence-corrected chi connectivity index (χ1v) is 6.22. The molecule has 0 radical (unpaired) electrons. The average Bonchev–Trinajstić information content (AvgIpc) is 2.41. The highest BCUT2D eigenvalue weighted by atomic mass is 79.9. The zero-order valence-electron chi connectivity index (χ0n) is 7.59. The number of halogens is 2. The van der Waals surface area contributed by atoms with E-state index in [2.05, 4.69) is 45.7 Å². The Bertz CT molecular complexity index is 236. The minimum atomic E-state index is -0.194. The lowest BCUT2D eigenvalue weighted by molar-refractivity contribution is -0.140. The van der Waals surface area contributed by atoms with Crippen molar-refractivity contribution in [2.24, 2.45) is 11.8 Å². The Hall–Kier alpha value is 0.170. The molecule has 2 nitrogen and oxygen atoms in total. The Morgan fingerprint density at radius 1 is 1.62 bits per heavy atom. The monoisotopic (exact) mass is 310 g/mol. The van der Waals surface area contributed by atoms with Gasteiger partial charge in [0, 0.05) is 11.2 Å². The molecule has 0 bridgehead atoms. The standard InChI is InChI=1S/C9H12Br2O2/c1-5(2)8-6(3-10)7(4-11)9(12)13-8/h4-6,8H,3H2,1-2H3/b7-4-/t6-,8+/m1/s1.